The van der Waals surface area contributed by atoms with Crippen LogP contribution in [0.25, 0.3) is 0 Å². The van der Waals surface area contributed by atoms with Crippen molar-refractivity contribution in [2.45, 2.75) is 38.8 Å². The first-order chi connectivity index (χ1) is 13.7. The SMILES string of the molecule is CCOC(=O)C1(C(=O)OCC)CC(C(C)O)=CN1C(=O)c1ccccc1[N+](=O)[O-]. The Balaban J connectivity index is 2.67. The van der Waals surface area contributed by atoms with Crippen molar-refractivity contribution in [2.24, 2.45) is 0 Å². The van der Waals surface area contributed by atoms with Gasteiger partial charge in [0.05, 0.1) is 24.2 Å². The van der Waals surface area contributed by atoms with E-state index >= 15 is 0 Å². The Hall–Kier alpha value is -3.27. The molecule has 0 bridgehead atoms. The second-order valence-electron chi connectivity index (χ2n) is 6.31. The summed E-state index contributed by atoms with van der Waals surface area (Å²) in [5, 5.41) is 21.3. The average molecular weight is 406 g/mol. The fraction of sp³-hybridized carbons (Fsp3) is 0.421. The minimum atomic E-state index is -2.22. The number of ether oxygens (including phenoxy) is 2. The Morgan fingerprint density at radius 3 is 2.24 bits per heavy atom. The molecule has 10 nitrogen and oxygen atoms in total. The molecule has 0 spiro atoms. The maximum atomic E-state index is 13.3. The quantitative estimate of drug-likeness (QED) is 0.312. The van der Waals surface area contributed by atoms with Crippen LogP contribution in [0.15, 0.2) is 36.0 Å². The van der Waals surface area contributed by atoms with Crippen LogP contribution in [-0.4, -0.2) is 57.6 Å². The van der Waals surface area contributed by atoms with E-state index in [4.69, 9.17) is 9.47 Å². The molecule has 1 unspecified atom stereocenters. The first-order valence-electron chi connectivity index (χ1n) is 9.00. The van der Waals surface area contributed by atoms with Gasteiger partial charge in [-0.05, 0) is 32.4 Å². The zero-order valence-electron chi connectivity index (χ0n) is 16.3. The molecule has 0 fully saturated rings. The number of aliphatic hydroxyl groups excluding tert-OH is 1. The predicted octanol–water partition coefficient (Wildman–Crippen LogP) is 1.57. The topological polar surface area (TPSA) is 136 Å². The third-order valence-electron chi connectivity index (χ3n) is 4.48. The highest BCUT2D eigenvalue weighted by atomic mass is 16.6. The second-order valence-corrected chi connectivity index (χ2v) is 6.31. The molecule has 1 amide bonds. The van der Waals surface area contributed by atoms with Crippen LogP contribution in [0.4, 0.5) is 5.69 Å². The molecule has 1 aromatic carbocycles. The highest BCUT2D eigenvalue weighted by Gasteiger charge is 2.59. The molecular weight excluding hydrogens is 384 g/mol. The van der Waals surface area contributed by atoms with Gasteiger partial charge in [-0.15, -0.1) is 0 Å². The highest BCUT2D eigenvalue weighted by molar-refractivity contribution is 6.12. The number of esters is 2. The van der Waals surface area contributed by atoms with E-state index in [2.05, 4.69) is 0 Å². The number of amides is 1. The first-order valence-corrected chi connectivity index (χ1v) is 9.00. The Morgan fingerprint density at radius 1 is 1.21 bits per heavy atom. The predicted molar refractivity (Wildman–Crippen MR) is 99.6 cm³/mol. The maximum absolute atomic E-state index is 13.3. The van der Waals surface area contributed by atoms with Crippen LogP contribution in [0, 0.1) is 10.1 Å². The van der Waals surface area contributed by atoms with Gasteiger partial charge < -0.3 is 14.6 Å². The van der Waals surface area contributed by atoms with E-state index in [-0.39, 0.29) is 30.8 Å². The monoisotopic (exact) mass is 406 g/mol. The van der Waals surface area contributed by atoms with E-state index in [0.29, 0.717) is 0 Å². The number of carbonyl (C=O) groups is 3. The average Bonchev–Trinajstić information content (AvgIpc) is 3.10. The number of hydrogen-bond acceptors (Lipinski definition) is 8. The van der Waals surface area contributed by atoms with E-state index in [0.717, 1.165) is 17.2 Å². The molecule has 0 aromatic heterocycles. The lowest BCUT2D eigenvalue weighted by molar-refractivity contribution is -0.385. The smallest absolute Gasteiger partial charge is 0.344 e. The van der Waals surface area contributed by atoms with E-state index < -0.39 is 40.1 Å². The summed E-state index contributed by atoms with van der Waals surface area (Å²) in [6.45, 7) is 4.33. The van der Waals surface area contributed by atoms with Gasteiger partial charge in [0.15, 0.2) is 0 Å². The molecule has 1 aromatic rings. The highest BCUT2D eigenvalue weighted by Crippen LogP contribution is 2.38. The molecule has 0 radical (unpaired) electrons. The fourth-order valence-corrected chi connectivity index (χ4v) is 3.06. The summed E-state index contributed by atoms with van der Waals surface area (Å²) >= 11 is 0. The minimum Gasteiger partial charge on any atom is -0.464 e. The number of carbonyl (C=O) groups excluding carboxylic acids is 3. The largest absolute Gasteiger partial charge is 0.464 e. The summed E-state index contributed by atoms with van der Waals surface area (Å²) in [7, 11) is 0. The van der Waals surface area contributed by atoms with Gasteiger partial charge in [0, 0.05) is 18.7 Å². The number of nitrogens with zero attached hydrogens (tertiary/aromatic N) is 2. The van der Waals surface area contributed by atoms with Crippen LogP contribution in [0.3, 0.4) is 0 Å². The number of rotatable bonds is 7. The summed E-state index contributed by atoms with van der Waals surface area (Å²) in [6, 6.07) is 5.17. The molecule has 1 atom stereocenters. The molecule has 0 saturated carbocycles. The van der Waals surface area contributed by atoms with Crippen molar-refractivity contribution in [2.75, 3.05) is 13.2 Å². The summed E-state index contributed by atoms with van der Waals surface area (Å²) in [6.07, 6.45) is -0.284. The van der Waals surface area contributed by atoms with Gasteiger partial charge in [-0.3, -0.25) is 19.8 Å². The lowest BCUT2D eigenvalue weighted by Crippen LogP contribution is -2.59. The van der Waals surface area contributed by atoms with Crippen LogP contribution in [-0.2, 0) is 19.1 Å². The second kappa shape index (κ2) is 8.82. The normalized spacial score (nSPS) is 16.0. The summed E-state index contributed by atoms with van der Waals surface area (Å²) < 4.78 is 10.1. The Labute approximate surface area is 166 Å². The fourth-order valence-electron chi connectivity index (χ4n) is 3.06. The van der Waals surface area contributed by atoms with Crippen molar-refractivity contribution in [1.82, 2.24) is 4.90 Å². The number of aliphatic hydroxyl groups is 1. The first kappa shape index (κ1) is 22.0. The van der Waals surface area contributed by atoms with E-state index in [1.165, 1.54) is 39.0 Å². The summed E-state index contributed by atoms with van der Waals surface area (Å²) in [5.41, 5.74) is -2.83. The molecule has 0 saturated heterocycles. The van der Waals surface area contributed by atoms with Crippen molar-refractivity contribution in [3.8, 4) is 0 Å². The Morgan fingerprint density at radius 2 is 1.76 bits per heavy atom. The zero-order valence-corrected chi connectivity index (χ0v) is 16.3. The van der Waals surface area contributed by atoms with Gasteiger partial charge in [0.2, 0.25) is 5.54 Å². The van der Waals surface area contributed by atoms with Crippen molar-refractivity contribution < 1.29 is 33.9 Å². The zero-order chi connectivity index (χ0) is 21.8. The summed E-state index contributed by atoms with van der Waals surface area (Å²) in [5.74, 6) is -3.05. The van der Waals surface area contributed by atoms with Crippen molar-refractivity contribution >= 4 is 23.5 Å². The van der Waals surface area contributed by atoms with Gasteiger partial charge in [-0.25, -0.2) is 9.59 Å². The third kappa shape index (κ3) is 3.97. The lowest BCUT2D eigenvalue weighted by Gasteiger charge is -2.33. The maximum Gasteiger partial charge on any atom is 0.344 e. The molecule has 10 heteroatoms. The van der Waals surface area contributed by atoms with Crippen molar-refractivity contribution in [1.29, 1.82) is 0 Å². The number of para-hydroxylation sites is 1. The molecule has 1 heterocycles. The van der Waals surface area contributed by atoms with Gasteiger partial charge in [0.1, 0.15) is 5.56 Å². The van der Waals surface area contributed by atoms with Crippen LogP contribution in [0.2, 0.25) is 0 Å². The minimum absolute atomic E-state index is 0.0719. The number of nitro groups is 1. The summed E-state index contributed by atoms with van der Waals surface area (Å²) in [4.78, 5) is 50.3. The van der Waals surface area contributed by atoms with Gasteiger partial charge in [-0.1, -0.05) is 12.1 Å². The van der Waals surface area contributed by atoms with Crippen LogP contribution in [0.5, 0.6) is 0 Å². The van der Waals surface area contributed by atoms with Gasteiger partial charge >= 0.3 is 11.9 Å². The molecule has 1 aliphatic rings. The number of benzene rings is 1. The molecular formula is C19H22N2O8. The van der Waals surface area contributed by atoms with Crippen LogP contribution in [0.1, 0.15) is 37.6 Å². The molecule has 156 valence electrons. The van der Waals surface area contributed by atoms with Crippen LogP contribution >= 0.6 is 0 Å². The lowest BCUT2D eigenvalue weighted by atomic mass is 9.91. The molecule has 0 aliphatic carbocycles. The molecule has 29 heavy (non-hydrogen) atoms. The van der Waals surface area contributed by atoms with Gasteiger partial charge in [-0.2, -0.15) is 0 Å². The van der Waals surface area contributed by atoms with E-state index in [1.54, 1.807) is 0 Å². The van der Waals surface area contributed by atoms with E-state index in [1.807, 2.05) is 0 Å². The molecule has 1 aliphatic heterocycles. The van der Waals surface area contributed by atoms with Crippen molar-refractivity contribution in [3.05, 3.63) is 51.7 Å². The number of hydrogen-bond donors (Lipinski definition) is 1. The standard InChI is InChI=1S/C19H22N2O8/c1-4-28-17(24)19(18(25)29-5-2)10-13(12(3)22)11-20(19)16(23)14-8-6-7-9-15(14)21(26)27/h6-9,11-12,22H,4-5,10H2,1-3H3. The van der Waals surface area contributed by atoms with E-state index in [9.17, 15) is 29.6 Å². The molecule has 2 rings (SSSR count). The number of nitro benzene ring substituents is 1. The van der Waals surface area contributed by atoms with Crippen LogP contribution < -0.4 is 0 Å². The Bertz CT molecular complexity index is 844. The molecule has 1 N–H and O–H groups in total. The Kier molecular flexibility index (Phi) is 6.70. The third-order valence-corrected chi connectivity index (χ3v) is 4.48. The van der Waals surface area contributed by atoms with Crippen molar-refractivity contribution in [3.63, 3.8) is 0 Å². The van der Waals surface area contributed by atoms with Gasteiger partial charge in [0.25, 0.3) is 11.6 Å².